The first-order valence-corrected chi connectivity index (χ1v) is 7.81. The summed E-state index contributed by atoms with van der Waals surface area (Å²) in [7, 11) is 0. The molecule has 0 aliphatic carbocycles. The Balaban J connectivity index is 2.46. The van der Waals surface area contributed by atoms with E-state index in [0.717, 1.165) is 20.2 Å². The van der Waals surface area contributed by atoms with Gasteiger partial charge in [0.2, 0.25) is 0 Å². The summed E-state index contributed by atoms with van der Waals surface area (Å²) in [5.41, 5.74) is 8.31. The Morgan fingerprint density at radius 2 is 1.95 bits per heavy atom. The molecule has 2 N–H and O–H groups in total. The molecule has 0 aliphatic rings. The second-order valence-corrected chi connectivity index (χ2v) is 6.68. The number of nitrogens with zero attached hydrogens (tertiary/aromatic N) is 2. The van der Waals surface area contributed by atoms with Crippen molar-refractivity contribution in [1.82, 2.24) is 9.78 Å². The summed E-state index contributed by atoms with van der Waals surface area (Å²) >= 11 is 12.9. The number of benzene rings is 1. The van der Waals surface area contributed by atoms with Crippen LogP contribution in [0.2, 0.25) is 5.02 Å². The average molecular weight is 408 g/mol. The van der Waals surface area contributed by atoms with Crippen LogP contribution in [0, 0.1) is 0 Å². The first-order chi connectivity index (χ1) is 8.91. The van der Waals surface area contributed by atoms with Gasteiger partial charge in [0.25, 0.3) is 0 Å². The van der Waals surface area contributed by atoms with Gasteiger partial charge in [-0.25, -0.2) is 0 Å². The Labute approximate surface area is 134 Å². The molecule has 0 spiro atoms. The topological polar surface area (TPSA) is 43.8 Å². The van der Waals surface area contributed by atoms with Crippen LogP contribution in [0.3, 0.4) is 0 Å². The SMILES string of the molecule is CC(C)n1ncc(Br)c1C(N)c1ccc(Cl)c(Br)c1. The van der Waals surface area contributed by atoms with E-state index in [1.807, 2.05) is 22.9 Å². The highest BCUT2D eigenvalue weighted by molar-refractivity contribution is 9.10. The van der Waals surface area contributed by atoms with E-state index >= 15 is 0 Å². The molecule has 0 bridgehead atoms. The number of aromatic nitrogens is 2. The number of hydrogen-bond donors (Lipinski definition) is 1. The molecule has 2 aromatic rings. The summed E-state index contributed by atoms with van der Waals surface area (Å²) in [5.74, 6) is 0. The van der Waals surface area contributed by atoms with Crippen LogP contribution in [0.5, 0.6) is 0 Å². The first-order valence-electron chi connectivity index (χ1n) is 5.85. The molecule has 1 aromatic carbocycles. The quantitative estimate of drug-likeness (QED) is 0.802. The number of nitrogens with two attached hydrogens (primary N) is 1. The molecule has 3 nitrogen and oxygen atoms in total. The van der Waals surface area contributed by atoms with Gasteiger partial charge in [-0.3, -0.25) is 4.68 Å². The Bertz CT molecular complexity index is 596. The largest absolute Gasteiger partial charge is 0.319 e. The summed E-state index contributed by atoms with van der Waals surface area (Å²) in [5, 5.41) is 5.03. The van der Waals surface area contributed by atoms with Crippen LogP contribution in [0.25, 0.3) is 0 Å². The third-order valence-corrected chi connectivity index (χ3v) is 4.70. The molecule has 0 aliphatic heterocycles. The first kappa shape index (κ1) is 15.0. The maximum absolute atomic E-state index is 6.36. The maximum atomic E-state index is 6.36. The van der Waals surface area contributed by atoms with Crippen LogP contribution in [-0.4, -0.2) is 9.78 Å². The van der Waals surface area contributed by atoms with E-state index in [1.54, 1.807) is 6.20 Å². The van der Waals surface area contributed by atoms with Crippen LogP contribution in [-0.2, 0) is 0 Å². The molecule has 1 aromatic heterocycles. The average Bonchev–Trinajstić information content (AvgIpc) is 2.74. The van der Waals surface area contributed by atoms with Gasteiger partial charge in [-0.2, -0.15) is 5.10 Å². The van der Waals surface area contributed by atoms with Crippen molar-refractivity contribution in [3.05, 3.63) is 49.6 Å². The van der Waals surface area contributed by atoms with Crippen molar-refractivity contribution in [3.63, 3.8) is 0 Å². The Morgan fingerprint density at radius 3 is 2.53 bits per heavy atom. The maximum Gasteiger partial charge on any atom is 0.0742 e. The summed E-state index contributed by atoms with van der Waals surface area (Å²) in [4.78, 5) is 0. The van der Waals surface area contributed by atoms with Crippen molar-refractivity contribution in [2.45, 2.75) is 25.9 Å². The van der Waals surface area contributed by atoms with Gasteiger partial charge in [0, 0.05) is 10.5 Å². The zero-order valence-electron chi connectivity index (χ0n) is 10.6. The fourth-order valence-corrected chi connectivity index (χ4v) is 2.95. The molecule has 0 amide bonds. The highest BCUT2D eigenvalue weighted by Gasteiger charge is 2.20. The minimum Gasteiger partial charge on any atom is -0.319 e. The second kappa shape index (κ2) is 5.95. The lowest BCUT2D eigenvalue weighted by Gasteiger charge is -2.18. The lowest BCUT2D eigenvalue weighted by Crippen LogP contribution is -2.19. The highest BCUT2D eigenvalue weighted by Crippen LogP contribution is 2.32. The van der Waals surface area contributed by atoms with E-state index in [-0.39, 0.29) is 12.1 Å². The van der Waals surface area contributed by atoms with Gasteiger partial charge in [-0.1, -0.05) is 17.7 Å². The summed E-state index contributed by atoms with van der Waals surface area (Å²) in [6, 6.07) is 5.71. The molecule has 19 heavy (non-hydrogen) atoms. The van der Waals surface area contributed by atoms with Crippen LogP contribution in [0.1, 0.15) is 37.2 Å². The zero-order chi connectivity index (χ0) is 14.2. The standard InChI is InChI=1S/C13H14Br2ClN3/c1-7(2)19-13(10(15)6-18-19)12(17)8-3-4-11(16)9(14)5-8/h3-7,12H,17H2,1-2H3. The fourth-order valence-electron chi connectivity index (χ4n) is 1.92. The zero-order valence-corrected chi connectivity index (χ0v) is 14.5. The van der Waals surface area contributed by atoms with Crippen molar-refractivity contribution in [1.29, 1.82) is 0 Å². The van der Waals surface area contributed by atoms with Crippen molar-refractivity contribution in [2.75, 3.05) is 0 Å². The molecule has 6 heteroatoms. The van der Waals surface area contributed by atoms with Gasteiger partial charge in [0.1, 0.15) is 0 Å². The summed E-state index contributed by atoms with van der Waals surface area (Å²) < 4.78 is 3.69. The van der Waals surface area contributed by atoms with Crippen LogP contribution in [0.15, 0.2) is 33.3 Å². The van der Waals surface area contributed by atoms with Crippen LogP contribution in [0.4, 0.5) is 0 Å². The Kier molecular flexibility index (Phi) is 4.71. The van der Waals surface area contributed by atoms with E-state index in [9.17, 15) is 0 Å². The fraction of sp³-hybridized carbons (Fsp3) is 0.308. The predicted octanol–water partition coefficient (Wildman–Crippen LogP) is 4.69. The molecule has 0 fully saturated rings. The number of halogens is 3. The van der Waals surface area contributed by atoms with E-state index in [0.29, 0.717) is 5.02 Å². The van der Waals surface area contributed by atoms with Crippen molar-refractivity contribution >= 4 is 43.5 Å². The number of hydrogen-bond acceptors (Lipinski definition) is 2. The monoisotopic (exact) mass is 405 g/mol. The highest BCUT2D eigenvalue weighted by atomic mass is 79.9. The molecule has 2 rings (SSSR count). The van der Waals surface area contributed by atoms with Gasteiger partial charge in [-0.15, -0.1) is 0 Å². The lowest BCUT2D eigenvalue weighted by molar-refractivity contribution is 0.498. The molecular formula is C13H14Br2ClN3. The van der Waals surface area contributed by atoms with Gasteiger partial charge in [0.15, 0.2) is 0 Å². The molecule has 0 radical (unpaired) electrons. The summed E-state index contributed by atoms with van der Waals surface area (Å²) in [6.07, 6.45) is 1.78. The lowest BCUT2D eigenvalue weighted by atomic mass is 10.0. The van der Waals surface area contributed by atoms with Crippen molar-refractivity contribution in [2.24, 2.45) is 5.73 Å². The second-order valence-electron chi connectivity index (χ2n) is 4.57. The molecule has 1 unspecified atom stereocenters. The molecule has 1 heterocycles. The summed E-state index contributed by atoms with van der Waals surface area (Å²) in [6.45, 7) is 4.15. The van der Waals surface area contributed by atoms with Crippen molar-refractivity contribution < 1.29 is 0 Å². The minimum atomic E-state index is -0.257. The molecule has 102 valence electrons. The normalized spacial score (nSPS) is 13.0. The molecule has 0 saturated carbocycles. The Hall–Kier alpha value is -0.360. The smallest absolute Gasteiger partial charge is 0.0742 e. The van der Waals surface area contributed by atoms with E-state index in [2.05, 4.69) is 50.8 Å². The minimum absolute atomic E-state index is 0.253. The predicted molar refractivity (Wildman–Crippen MR) is 85.5 cm³/mol. The third-order valence-electron chi connectivity index (χ3n) is 2.87. The van der Waals surface area contributed by atoms with Gasteiger partial charge >= 0.3 is 0 Å². The van der Waals surface area contributed by atoms with Crippen molar-refractivity contribution in [3.8, 4) is 0 Å². The van der Waals surface area contributed by atoms with E-state index in [1.165, 1.54) is 0 Å². The molecule has 0 saturated heterocycles. The van der Waals surface area contributed by atoms with Crippen LogP contribution < -0.4 is 5.73 Å². The third kappa shape index (κ3) is 3.05. The molecular weight excluding hydrogens is 393 g/mol. The number of rotatable bonds is 3. The molecule has 1 atom stereocenters. The van der Waals surface area contributed by atoms with Crippen LogP contribution >= 0.6 is 43.5 Å². The van der Waals surface area contributed by atoms with E-state index in [4.69, 9.17) is 17.3 Å². The Morgan fingerprint density at radius 1 is 1.26 bits per heavy atom. The van der Waals surface area contributed by atoms with Gasteiger partial charge in [0.05, 0.1) is 27.4 Å². The van der Waals surface area contributed by atoms with Gasteiger partial charge < -0.3 is 5.73 Å². The van der Waals surface area contributed by atoms with Gasteiger partial charge in [-0.05, 0) is 63.4 Å². The van der Waals surface area contributed by atoms with E-state index < -0.39 is 0 Å².